The number of anilines is 1. The standard InChI is InChI=1S/C23H24N2O6S.C6H6O2S/c1-5-23(22(30)31,16-9-7-6-8-10-16)24-12-17(20(26)27)32-25(24)19-14(3)11-13(2)18(15(19)4)21(28)29;1-4-2-3-9-5(4)6(7)8/h6-12H,5H2,1-4H3,(H,26,27)(H,28,29)(H,30,31);2-3H,1H3,(H,7,8). The molecule has 1 aliphatic rings. The average molecular weight is 599 g/mol. The van der Waals surface area contributed by atoms with Crippen molar-refractivity contribution < 1.29 is 39.6 Å². The van der Waals surface area contributed by atoms with Crippen molar-refractivity contribution in [3.63, 3.8) is 0 Å². The molecule has 4 N–H and O–H groups in total. The van der Waals surface area contributed by atoms with E-state index in [9.17, 15) is 34.5 Å². The number of hydrogen-bond donors (Lipinski definition) is 4. The molecule has 4 rings (SSSR count). The SMILES string of the molecule is CCC(C(=O)O)(c1ccccc1)N1C=C(C(=O)O)SN1c1c(C)cc(C)c(C(=O)O)c1C.Cc1ccsc1C(=O)O. The van der Waals surface area contributed by atoms with Crippen molar-refractivity contribution in [3.05, 3.63) is 97.2 Å². The molecule has 0 fully saturated rings. The van der Waals surface area contributed by atoms with Crippen LogP contribution < -0.4 is 4.41 Å². The van der Waals surface area contributed by atoms with Gasteiger partial charge in [-0.2, -0.15) is 0 Å². The number of hydrogen-bond acceptors (Lipinski definition) is 8. The van der Waals surface area contributed by atoms with E-state index in [0.717, 1.165) is 17.5 Å². The first kappa shape index (κ1) is 31.2. The molecule has 0 amide bonds. The van der Waals surface area contributed by atoms with Crippen LogP contribution in [0.2, 0.25) is 0 Å². The topological polar surface area (TPSA) is 156 Å². The number of nitrogens with zero attached hydrogens (tertiary/aromatic N) is 2. The molecule has 12 heteroatoms. The molecule has 1 aliphatic heterocycles. The van der Waals surface area contributed by atoms with E-state index < -0.39 is 29.4 Å². The van der Waals surface area contributed by atoms with E-state index in [4.69, 9.17) is 5.11 Å². The molecule has 10 nitrogen and oxygen atoms in total. The summed E-state index contributed by atoms with van der Waals surface area (Å²) in [4.78, 5) is 47.2. The molecular formula is C29H30N2O8S2. The lowest BCUT2D eigenvalue weighted by Gasteiger charge is -2.43. The second-order valence-corrected chi connectivity index (χ2v) is 11.2. The largest absolute Gasteiger partial charge is 0.479 e. The Balaban J connectivity index is 0.000000436. The number of carboxylic acids is 4. The van der Waals surface area contributed by atoms with Gasteiger partial charge in [0, 0.05) is 18.1 Å². The first-order chi connectivity index (χ1) is 19.3. The van der Waals surface area contributed by atoms with Crippen LogP contribution >= 0.6 is 23.3 Å². The Morgan fingerprint density at radius 2 is 1.46 bits per heavy atom. The van der Waals surface area contributed by atoms with E-state index in [1.165, 1.54) is 27.0 Å². The summed E-state index contributed by atoms with van der Waals surface area (Å²) in [6, 6.07) is 12.1. The van der Waals surface area contributed by atoms with Crippen LogP contribution in [-0.4, -0.2) is 49.3 Å². The summed E-state index contributed by atoms with van der Waals surface area (Å²) in [6.07, 6.45) is 1.43. The Morgan fingerprint density at radius 1 is 0.829 bits per heavy atom. The summed E-state index contributed by atoms with van der Waals surface area (Å²) in [5, 5.41) is 41.5. The second-order valence-electron chi connectivity index (χ2n) is 9.29. The second kappa shape index (κ2) is 12.5. The lowest BCUT2D eigenvalue weighted by Crippen LogP contribution is -2.53. The highest BCUT2D eigenvalue weighted by Gasteiger charge is 2.50. The van der Waals surface area contributed by atoms with Gasteiger partial charge in [-0.25, -0.2) is 23.6 Å². The highest BCUT2D eigenvalue weighted by Crippen LogP contribution is 2.48. The normalized spacial score (nSPS) is 14.0. The van der Waals surface area contributed by atoms with E-state index in [1.807, 2.05) is 0 Å². The molecule has 0 spiro atoms. The zero-order chi connectivity index (χ0) is 30.6. The van der Waals surface area contributed by atoms with Crippen LogP contribution in [0.1, 0.15) is 61.2 Å². The molecule has 0 bridgehead atoms. The maximum atomic E-state index is 12.7. The zero-order valence-electron chi connectivity index (χ0n) is 23.0. The summed E-state index contributed by atoms with van der Waals surface area (Å²) in [5.41, 5.74) is 1.95. The molecule has 2 aromatic carbocycles. The fourth-order valence-electron chi connectivity index (χ4n) is 4.81. The molecule has 0 saturated carbocycles. The van der Waals surface area contributed by atoms with Gasteiger partial charge in [-0.05, 0) is 73.4 Å². The van der Waals surface area contributed by atoms with Gasteiger partial charge >= 0.3 is 23.9 Å². The molecule has 41 heavy (non-hydrogen) atoms. The van der Waals surface area contributed by atoms with E-state index in [1.54, 1.807) is 82.5 Å². The van der Waals surface area contributed by atoms with Gasteiger partial charge in [0.1, 0.15) is 9.78 Å². The minimum atomic E-state index is -1.61. The third-order valence-corrected chi connectivity index (χ3v) is 8.74. The highest BCUT2D eigenvalue weighted by atomic mass is 32.2. The maximum Gasteiger partial charge on any atom is 0.346 e. The predicted octanol–water partition coefficient (Wildman–Crippen LogP) is 6.07. The molecule has 0 aliphatic carbocycles. The van der Waals surface area contributed by atoms with E-state index in [0.29, 0.717) is 32.8 Å². The number of aryl methyl sites for hydroxylation is 3. The number of aromatic carboxylic acids is 2. The quantitative estimate of drug-likeness (QED) is 0.223. The van der Waals surface area contributed by atoms with Crippen molar-refractivity contribution in [2.24, 2.45) is 0 Å². The van der Waals surface area contributed by atoms with Crippen LogP contribution in [0.15, 0.2) is 58.9 Å². The van der Waals surface area contributed by atoms with Crippen LogP contribution in [0, 0.1) is 27.7 Å². The summed E-state index contributed by atoms with van der Waals surface area (Å²) in [7, 11) is 0. The van der Waals surface area contributed by atoms with Gasteiger partial charge in [-0.15, -0.1) is 11.3 Å². The highest BCUT2D eigenvalue weighted by molar-refractivity contribution is 8.05. The van der Waals surface area contributed by atoms with Crippen molar-refractivity contribution in [2.45, 2.75) is 46.6 Å². The first-order valence-corrected chi connectivity index (χ1v) is 14.1. The number of hydrazine groups is 1. The van der Waals surface area contributed by atoms with Crippen molar-refractivity contribution in [1.82, 2.24) is 5.01 Å². The number of rotatable bonds is 8. The number of carbonyl (C=O) groups is 4. The van der Waals surface area contributed by atoms with Crippen molar-refractivity contribution >= 4 is 52.8 Å². The van der Waals surface area contributed by atoms with E-state index in [-0.39, 0.29) is 16.9 Å². The van der Waals surface area contributed by atoms with Gasteiger partial charge in [0.25, 0.3) is 0 Å². The first-order valence-electron chi connectivity index (χ1n) is 12.4. The summed E-state index contributed by atoms with van der Waals surface area (Å²) >= 11 is 2.11. The van der Waals surface area contributed by atoms with Gasteiger partial charge in [0.2, 0.25) is 0 Å². The Kier molecular flexibility index (Phi) is 9.51. The minimum absolute atomic E-state index is 0.0729. The molecule has 0 radical (unpaired) electrons. The molecule has 1 aromatic heterocycles. The lowest BCUT2D eigenvalue weighted by atomic mass is 9.86. The third-order valence-electron chi connectivity index (χ3n) is 6.73. The number of aliphatic carboxylic acids is 2. The van der Waals surface area contributed by atoms with Gasteiger partial charge in [-0.3, -0.25) is 5.01 Å². The molecule has 1 unspecified atom stereocenters. The fourth-order valence-corrected chi connectivity index (χ4v) is 6.63. The van der Waals surface area contributed by atoms with Crippen LogP contribution in [0.4, 0.5) is 5.69 Å². The van der Waals surface area contributed by atoms with Crippen LogP contribution in [0.25, 0.3) is 0 Å². The Hall–Kier alpha value is -4.29. The molecule has 0 saturated heterocycles. The van der Waals surface area contributed by atoms with Crippen LogP contribution in [0.5, 0.6) is 0 Å². The maximum absolute atomic E-state index is 12.7. The Bertz CT molecular complexity index is 1530. The van der Waals surface area contributed by atoms with Gasteiger partial charge in [0.15, 0.2) is 5.54 Å². The van der Waals surface area contributed by atoms with E-state index >= 15 is 0 Å². The summed E-state index contributed by atoms with van der Waals surface area (Å²) < 4.78 is 1.49. The van der Waals surface area contributed by atoms with E-state index in [2.05, 4.69) is 0 Å². The molecule has 216 valence electrons. The van der Waals surface area contributed by atoms with Gasteiger partial charge in [-0.1, -0.05) is 43.3 Å². The number of thiophene rings is 1. The fraction of sp³-hybridized carbons (Fsp3) is 0.241. The Labute approximate surface area is 245 Å². The smallest absolute Gasteiger partial charge is 0.346 e. The predicted molar refractivity (Wildman–Crippen MR) is 157 cm³/mol. The van der Waals surface area contributed by atoms with Gasteiger partial charge < -0.3 is 20.4 Å². The summed E-state index contributed by atoms with van der Waals surface area (Å²) in [5.74, 6) is -4.29. The number of benzene rings is 2. The monoisotopic (exact) mass is 598 g/mol. The van der Waals surface area contributed by atoms with Crippen LogP contribution in [-0.2, 0) is 15.1 Å². The lowest BCUT2D eigenvalue weighted by molar-refractivity contribution is -0.150. The van der Waals surface area contributed by atoms with Crippen molar-refractivity contribution in [3.8, 4) is 0 Å². The van der Waals surface area contributed by atoms with Crippen LogP contribution in [0.3, 0.4) is 0 Å². The zero-order valence-corrected chi connectivity index (χ0v) is 24.7. The van der Waals surface area contributed by atoms with Gasteiger partial charge in [0.05, 0.1) is 11.3 Å². The average Bonchev–Trinajstić information content (AvgIpc) is 3.52. The third kappa shape index (κ3) is 5.93. The van der Waals surface area contributed by atoms with Crippen molar-refractivity contribution in [2.75, 3.05) is 4.41 Å². The summed E-state index contributed by atoms with van der Waals surface area (Å²) in [6.45, 7) is 8.64. The van der Waals surface area contributed by atoms with Crippen molar-refractivity contribution in [1.29, 1.82) is 0 Å². The number of carboxylic acid groups (broad SMARTS) is 4. The molecular weight excluding hydrogens is 568 g/mol. The Morgan fingerprint density at radius 3 is 1.90 bits per heavy atom. The molecule has 1 atom stereocenters. The minimum Gasteiger partial charge on any atom is -0.479 e. The molecule has 3 aromatic rings. The molecule has 2 heterocycles.